The molecule has 0 saturated carbocycles. The lowest BCUT2D eigenvalue weighted by Gasteiger charge is -2.53. The zero-order valence-electron chi connectivity index (χ0n) is 36.4. The first-order valence-corrected chi connectivity index (χ1v) is 22.2. The van der Waals surface area contributed by atoms with Crippen LogP contribution in [0.2, 0.25) is 5.02 Å². The van der Waals surface area contributed by atoms with Crippen molar-refractivity contribution in [1.29, 1.82) is 0 Å². The van der Waals surface area contributed by atoms with Gasteiger partial charge in [-0.05, 0) is 122 Å². The number of aromatic nitrogens is 2. The Morgan fingerprint density at radius 1 is 0.952 bits per heavy atom. The fourth-order valence-electron chi connectivity index (χ4n) is 9.37. The summed E-state index contributed by atoms with van der Waals surface area (Å²) in [7, 11) is 8.29. The highest BCUT2D eigenvalue weighted by Crippen LogP contribution is 2.49. The van der Waals surface area contributed by atoms with E-state index in [4.69, 9.17) is 36.0 Å². The zero-order valence-corrected chi connectivity index (χ0v) is 38.7. The largest absolute Gasteiger partial charge is 0.478 e. The minimum Gasteiger partial charge on any atom is -0.478 e. The van der Waals surface area contributed by atoms with E-state index < -0.39 is 23.1 Å². The molecule has 2 aliphatic heterocycles. The van der Waals surface area contributed by atoms with E-state index in [-0.39, 0.29) is 17.9 Å². The van der Waals surface area contributed by atoms with Crippen molar-refractivity contribution in [1.82, 2.24) is 19.4 Å². The van der Waals surface area contributed by atoms with Crippen LogP contribution in [0.5, 0.6) is 0 Å². The van der Waals surface area contributed by atoms with E-state index in [1.54, 1.807) is 12.3 Å². The van der Waals surface area contributed by atoms with Crippen LogP contribution in [-0.2, 0) is 48.5 Å². The molecule has 0 bridgehead atoms. The first kappa shape index (κ1) is 47.6. The number of hydrogen-bond acceptors (Lipinski definition) is 9. The van der Waals surface area contributed by atoms with Gasteiger partial charge in [-0.2, -0.15) is 0 Å². The second-order valence-electron chi connectivity index (χ2n) is 16.6. The van der Waals surface area contributed by atoms with E-state index in [0.717, 1.165) is 47.5 Å². The van der Waals surface area contributed by atoms with Crippen LogP contribution in [0.1, 0.15) is 65.2 Å². The van der Waals surface area contributed by atoms with E-state index in [9.17, 15) is 14.4 Å². The van der Waals surface area contributed by atoms with Gasteiger partial charge in [-0.15, -0.1) is 0 Å². The maximum Gasteiger partial charge on any atom is 0.339 e. The Morgan fingerprint density at radius 2 is 1.65 bits per heavy atom. The molecule has 4 heterocycles. The van der Waals surface area contributed by atoms with Gasteiger partial charge in [0.25, 0.3) is 0 Å². The zero-order chi connectivity index (χ0) is 45.3. The van der Waals surface area contributed by atoms with Crippen molar-refractivity contribution in [2.45, 2.75) is 62.3 Å². The number of likely N-dealkylation sites (tertiary alicyclic amines) is 2. The van der Waals surface area contributed by atoms with Crippen LogP contribution >= 0.6 is 27.5 Å². The lowest BCUT2D eigenvalue weighted by molar-refractivity contribution is -0.134. The number of carbonyl (C=O) groups excluding carboxylic acids is 1. The van der Waals surface area contributed by atoms with Crippen molar-refractivity contribution in [3.63, 3.8) is 0 Å². The molecular formula is C49H56BrClN4O8. The lowest BCUT2D eigenvalue weighted by Crippen LogP contribution is -2.59. The SMILES string of the molecule is CN1CCCC1CCOC(C)(c1ccccc1)c1ccc(Cl)cc1.COC12CC(COC(=O)c3cncc(Br)c3)CN(C)C1Cc1cn(C)c3cccc2c13.O=C(O)C=CC(=O)O. The Morgan fingerprint density at radius 3 is 2.29 bits per heavy atom. The second kappa shape index (κ2) is 21.2. The fraction of sp³-hybridized carbons (Fsp3) is 0.388. The first-order valence-electron chi connectivity index (χ1n) is 21.0. The van der Waals surface area contributed by atoms with Crippen molar-refractivity contribution in [3.8, 4) is 0 Å². The van der Waals surface area contributed by atoms with Crippen molar-refractivity contribution in [2.24, 2.45) is 13.0 Å². The summed E-state index contributed by atoms with van der Waals surface area (Å²) in [4.78, 5) is 40.5. The molecule has 1 aliphatic carbocycles. The number of hydrogen-bond donors (Lipinski definition) is 2. The molecule has 2 fully saturated rings. The van der Waals surface area contributed by atoms with Crippen molar-refractivity contribution >= 4 is 56.3 Å². The molecule has 0 amide bonds. The van der Waals surface area contributed by atoms with Gasteiger partial charge in [-0.1, -0.05) is 66.2 Å². The van der Waals surface area contributed by atoms with Gasteiger partial charge in [-0.25, -0.2) is 14.4 Å². The number of nitrogens with zero attached hydrogens (tertiary/aromatic N) is 4. The van der Waals surface area contributed by atoms with E-state index >= 15 is 0 Å². The highest BCUT2D eigenvalue weighted by molar-refractivity contribution is 9.10. The number of carboxylic acid groups (broad SMARTS) is 2. The number of carboxylic acids is 2. The first-order chi connectivity index (χ1) is 30.1. The Bertz CT molecular complexity index is 2380. The number of carbonyl (C=O) groups is 3. The van der Waals surface area contributed by atoms with E-state index in [1.807, 2.05) is 25.3 Å². The summed E-state index contributed by atoms with van der Waals surface area (Å²) in [6.45, 7) is 5.33. The number of esters is 1. The van der Waals surface area contributed by atoms with Crippen molar-refractivity contribution < 1.29 is 38.8 Å². The van der Waals surface area contributed by atoms with Crippen molar-refractivity contribution in [3.05, 3.63) is 147 Å². The molecule has 5 atom stereocenters. The molecule has 5 unspecified atom stereocenters. The van der Waals surface area contributed by atoms with Gasteiger partial charge in [0.05, 0.1) is 12.2 Å². The van der Waals surface area contributed by atoms with Crippen LogP contribution in [0.15, 0.2) is 114 Å². The average Bonchev–Trinajstić information content (AvgIpc) is 3.84. The minimum absolute atomic E-state index is 0.172. The third-order valence-electron chi connectivity index (χ3n) is 12.5. The van der Waals surface area contributed by atoms with E-state index in [1.165, 1.54) is 53.2 Å². The summed E-state index contributed by atoms with van der Waals surface area (Å²) < 4.78 is 21.5. The number of piperidine rings is 1. The summed E-state index contributed by atoms with van der Waals surface area (Å²) in [6, 6.07) is 27.6. The number of methoxy groups -OCH3 is 1. The molecule has 2 aromatic heterocycles. The molecule has 3 aliphatic rings. The number of aliphatic carboxylic acids is 2. The average molecular weight is 944 g/mol. The molecule has 2 N–H and O–H groups in total. The van der Waals surface area contributed by atoms with Crippen LogP contribution in [-0.4, -0.2) is 107 Å². The number of fused-ring (bicyclic) bond motifs is 2. The maximum atomic E-state index is 12.5. The van der Waals surface area contributed by atoms with E-state index in [0.29, 0.717) is 30.4 Å². The molecule has 8 rings (SSSR count). The molecule has 334 valence electrons. The number of aryl methyl sites for hydroxylation is 1. The Kier molecular flexibility index (Phi) is 16.0. The summed E-state index contributed by atoms with van der Waals surface area (Å²) >= 11 is 9.42. The summed E-state index contributed by atoms with van der Waals surface area (Å²) in [5.41, 5.74) is 5.75. The monoisotopic (exact) mass is 942 g/mol. The van der Waals surface area contributed by atoms with Gasteiger partial charge in [-0.3, -0.25) is 9.88 Å². The Balaban J connectivity index is 0.000000183. The lowest BCUT2D eigenvalue weighted by atomic mass is 9.69. The van der Waals surface area contributed by atoms with Gasteiger partial charge >= 0.3 is 17.9 Å². The number of halogens is 2. The fourth-order valence-corrected chi connectivity index (χ4v) is 9.86. The van der Waals surface area contributed by atoms with Crippen LogP contribution in [0, 0.1) is 5.92 Å². The van der Waals surface area contributed by atoms with Crippen LogP contribution in [0.25, 0.3) is 10.9 Å². The number of benzene rings is 3. The number of ether oxygens (including phenoxy) is 3. The summed E-state index contributed by atoms with van der Waals surface area (Å²) in [5.74, 6) is -2.69. The van der Waals surface area contributed by atoms with Gasteiger partial charge in [0.1, 0.15) is 11.2 Å². The molecule has 14 heteroatoms. The Hall–Kier alpha value is -4.89. The highest BCUT2D eigenvalue weighted by Gasteiger charge is 2.52. The predicted octanol–water partition coefficient (Wildman–Crippen LogP) is 8.73. The second-order valence-corrected chi connectivity index (χ2v) is 18.0. The maximum absolute atomic E-state index is 12.5. The molecule has 63 heavy (non-hydrogen) atoms. The topological polar surface area (TPSA) is 144 Å². The van der Waals surface area contributed by atoms with Gasteiger partial charge in [0.15, 0.2) is 0 Å². The third-order valence-corrected chi connectivity index (χ3v) is 13.2. The van der Waals surface area contributed by atoms with Crippen LogP contribution in [0.4, 0.5) is 0 Å². The normalized spacial score (nSPS) is 21.7. The summed E-state index contributed by atoms with van der Waals surface area (Å²) in [5, 5.41) is 17.7. The molecule has 0 spiro atoms. The Labute approximate surface area is 382 Å². The van der Waals surface area contributed by atoms with Crippen molar-refractivity contribution in [2.75, 3.05) is 47.5 Å². The van der Waals surface area contributed by atoms with Gasteiger partial charge in [0.2, 0.25) is 0 Å². The highest BCUT2D eigenvalue weighted by atomic mass is 79.9. The summed E-state index contributed by atoms with van der Waals surface area (Å²) in [6.07, 6.45) is 12.0. The quantitative estimate of drug-likeness (QED) is 0.0916. The molecular weight excluding hydrogens is 888 g/mol. The standard InChI is InChI=1S/C24H26BrN3O3.C21H26ClNO.C4H4O4/c1-27-13-17-8-21-24(30-3,19-5-4-6-20(27)22(17)19)9-15(12-28(21)2)14-31-23(29)16-7-18(25)11-26-10-16;1-21(17-7-4-3-5-8-17,18-10-12-19(22)13-11-18)24-16-14-20-9-6-15-23(20)2;5-3(6)1-2-4(7)8/h4-7,10-11,13,15,21H,8-9,12,14H2,1-3H3;3-5,7-8,10-13,20H,6,9,14-16H2,1-2H3;1-2H,(H,5,6)(H,7,8). The van der Waals surface area contributed by atoms with Crippen LogP contribution in [0.3, 0.4) is 0 Å². The number of likely N-dealkylation sites (N-methyl/N-ethyl adjacent to an activating group) is 1. The molecule has 5 aromatic rings. The predicted molar refractivity (Wildman–Crippen MR) is 247 cm³/mol. The molecule has 0 radical (unpaired) electrons. The number of pyridine rings is 1. The number of rotatable bonds is 12. The minimum atomic E-state index is -1.26. The van der Waals surface area contributed by atoms with Gasteiger partial charge in [0, 0.05) is 96.5 Å². The van der Waals surface area contributed by atoms with Crippen LogP contribution < -0.4 is 0 Å². The molecule has 3 aromatic carbocycles. The third kappa shape index (κ3) is 11.3. The van der Waals surface area contributed by atoms with Gasteiger partial charge < -0.3 is 33.9 Å². The molecule has 12 nitrogen and oxygen atoms in total. The smallest absolute Gasteiger partial charge is 0.339 e. The van der Waals surface area contributed by atoms with E-state index in [2.05, 4.69) is 124 Å². The molecule has 2 saturated heterocycles.